The van der Waals surface area contributed by atoms with Crippen LogP contribution in [0.4, 0.5) is 21.9 Å². The van der Waals surface area contributed by atoms with E-state index >= 15 is 0 Å². The van der Waals surface area contributed by atoms with Crippen LogP contribution < -0.4 is 15.5 Å². The quantitative estimate of drug-likeness (QED) is 0.762. The molecule has 3 rings (SSSR count). The number of aryl methyl sites for hydroxylation is 2. The average molecular weight is 410 g/mol. The van der Waals surface area contributed by atoms with E-state index in [1.807, 2.05) is 71.0 Å². The maximum atomic E-state index is 13.3. The number of carbonyl (C=O) groups is 2. The van der Waals surface area contributed by atoms with E-state index in [0.717, 1.165) is 35.3 Å². The van der Waals surface area contributed by atoms with Crippen molar-refractivity contribution in [2.75, 3.05) is 16.8 Å². The molecule has 2 aromatic carbocycles. The van der Waals surface area contributed by atoms with Gasteiger partial charge in [-0.1, -0.05) is 24.3 Å². The van der Waals surface area contributed by atoms with Crippen molar-refractivity contribution in [3.05, 3.63) is 53.6 Å². The third kappa shape index (κ3) is 5.39. The van der Waals surface area contributed by atoms with E-state index < -0.39 is 5.60 Å². The Morgan fingerprint density at radius 3 is 2.37 bits per heavy atom. The van der Waals surface area contributed by atoms with Crippen LogP contribution in [0.1, 0.15) is 45.7 Å². The van der Waals surface area contributed by atoms with Gasteiger partial charge in [0.1, 0.15) is 6.61 Å². The number of para-hydroxylation sites is 1. The zero-order valence-corrected chi connectivity index (χ0v) is 18.4. The van der Waals surface area contributed by atoms with Crippen molar-refractivity contribution in [3.8, 4) is 0 Å². The summed E-state index contributed by atoms with van der Waals surface area (Å²) in [6.07, 6.45) is 1.66. The Morgan fingerprint density at radius 2 is 1.70 bits per heavy atom. The number of urea groups is 1. The molecule has 0 radical (unpaired) electrons. The molecular formula is C24H31N3O3. The molecule has 0 spiro atoms. The highest BCUT2D eigenvalue weighted by Gasteiger charge is 2.27. The summed E-state index contributed by atoms with van der Waals surface area (Å²) >= 11 is 0. The number of fused-ring (bicyclic) bond motifs is 2. The van der Waals surface area contributed by atoms with E-state index in [-0.39, 0.29) is 24.6 Å². The first-order chi connectivity index (χ1) is 14.1. The van der Waals surface area contributed by atoms with Gasteiger partial charge in [0.05, 0.1) is 17.0 Å². The SMILES string of the molecule is CC(C)NC(=O)Nc1ccc2c(c1)N(C(=O)COC(C)(C)C)c1ccccc1CC2. The summed E-state index contributed by atoms with van der Waals surface area (Å²) in [5.41, 5.74) is 4.05. The van der Waals surface area contributed by atoms with Gasteiger partial charge in [-0.05, 0) is 76.8 Å². The standard InChI is InChI=1S/C24H31N3O3/c1-16(2)25-23(29)26-19-13-12-18-11-10-17-8-6-7-9-20(17)27(21(18)14-19)22(28)15-30-24(3,4)5/h6-9,12-14,16H,10-11,15H2,1-5H3,(H2,25,26,29). The van der Waals surface area contributed by atoms with Gasteiger partial charge in [-0.25, -0.2) is 4.79 Å². The van der Waals surface area contributed by atoms with Gasteiger partial charge in [0.25, 0.3) is 5.91 Å². The minimum Gasteiger partial charge on any atom is -0.366 e. The first-order valence-corrected chi connectivity index (χ1v) is 10.4. The Labute approximate surface area is 178 Å². The van der Waals surface area contributed by atoms with Crippen LogP contribution in [0.3, 0.4) is 0 Å². The fourth-order valence-corrected chi connectivity index (χ4v) is 3.44. The molecule has 1 aliphatic heterocycles. The first-order valence-electron chi connectivity index (χ1n) is 10.4. The van der Waals surface area contributed by atoms with Crippen molar-refractivity contribution in [1.29, 1.82) is 0 Å². The summed E-state index contributed by atoms with van der Waals surface area (Å²) in [6.45, 7) is 9.58. The Kier molecular flexibility index (Phi) is 6.46. The summed E-state index contributed by atoms with van der Waals surface area (Å²) in [4.78, 5) is 27.2. The number of hydrogen-bond acceptors (Lipinski definition) is 3. The molecule has 1 heterocycles. The number of nitrogens with zero attached hydrogens (tertiary/aromatic N) is 1. The third-order valence-corrected chi connectivity index (χ3v) is 4.78. The zero-order valence-electron chi connectivity index (χ0n) is 18.4. The van der Waals surface area contributed by atoms with Gasteiger partial charge in [0, 0.05) is 11.7 Å². The number of anilines is 3. The molecule has 30 heavy (non-hydrogen) atoms. The Hall–Kier alpha value is -2.86. The second-order valence-electron chi connectivity index (χ2n) is 8.86. The van der Waals surface area contributed by atoms with E-state index in [1.54, 1.807) is 4.90 Å². The lowest BCUT2D eigenvalue weighted by Crippen LogP contribution is -2.35. The van der Waals surface area contributed by atoms with Crippen LogP contribution in [-0.2, 0) is 22.4 Å². The van der Waals surface area contributed by atoms with E-state index in [1.165, 1.54) is 0 Å². The van der Waals surface area contributed by atoms with Crippen LogP contribution in [0, 0.1) is 0 Å². The van der Waals surface area contributed by atoms with Crippen molar-refractivity contribution in [2.24, 2.45) is 0 Å². The number of benzene rings is 2. The normalized spacial score (nSPS) is 13.3. The smallest absolute Gasteiger partial charge is 0.319 e. The molecule has 0 saturated heterocycles. The first kappa shape index (κ1) is 21.8. The van der Waals surface area contributed by atoms with E-state index in [4.69, 9.17) is 4.74 Å². The van der Waals surface area contributed by atoms with Crippen LogP contribution in [0.25, 0.3) is 0 Å². The van der Waals surface area contributed by atoms with Crippen LogP contribution in [-0.4, -0.2) is 30.2 Å². The predicted octanol–water partition coefficient (Wildman–Crippen LogP) is 4.79. The van der Waals surface area contributed by atoms with Crippen LogP contribution in [0.5, 0.6) is 0 Å². The van der Waals surface area contributed by atoms with Gasteiger partial charge in [-0.2, -0.15) is 0 Å². The lowest BCUT2D eigenvalue weighted by atomic mass is 10.0. The van der Waals surface area contributed by atoms with Gasteiger partial charge >= 0.3 is 6.03 Å². The Balaban J connectivity index is 1.99. The molecule has 0 saturated carbocycles. The highest BCUT2D eigenvalue weighted by molar-refractivity contribution is 6.04. The summed E-state index contributed by atoms with van der Waals surface area (Å²) in [5, 5.41) is 5.68. The van der Waals surface area contributed by atoms with Crippen molar-refractivity contribution in [2.45, 2.75) is 59.1 Å². The molecular weight excluding hydrogens is 378 g/mol. The highest BCUT2D eigenvalue weighted by atomic mass is 16.5. The van der Waals surface area contributed by atoms with Crippen molar-refractivity contribution in [3.63, 3.8) is 0 Å². The molecule has 0 bridgehead atoms. The van der Waals surface area contributed by atoms with Gasteiger partial charge < -0.3 is 15.4 Å². The van der Waals surface area contributed by atoms with Crippen molar-refractivity contribution in [1.82, 2.24) is 5.32 Å². The second kappa shape index (κ2) is 8.88. The number of rotatable bonds is 4. The summed E-state index contributed by atoms with van der Waals surface area (Å²) in [6, 6.07) is 13.4. The monoisotopic (exact) mass is 409 g/mol. The lowest BCUT2D eigenvalue weighted by Gasteiger charge is -2.27. The minimum absolute atomic E-state index is 0.0250. The van der Waals surface area contributed by atoms with Gasteiger partial charge in [0.15, 0.2) is 0 Å². The average Bonchev–Trinajstić information content (AvgIpc) is 2.81. The number of amides is 3. The molecule has 1 aliphatic rings. The molecule has 0 aliphatic carbocycles. The number of ether oxygens (including phenoxy) is 1. The molecule has 0 unspecified atom stereocenters. The Morgan fingerprint density at radius 1 is 1.03 bits per heavy atom. The molecule has 6 nitrogen and oxygen atoms in total. The molecule has 2 N–H and O–H groups in total. The Bertz CT molecular complexity index is 932. The molecule has 0 fully saturated rings. The zero-order chi connectivity index (χ0) is 21.9. The summed E-state index contributed by atoms with van der Waals surface area (Å²) < 4.78 is 5.78. The fraction of sp³-hybridized carbons (Fsp3) is 0.417. The van der Waals surface area contributed by atoms with Gasteiger partial charge in [-0.15, -0.1) is 0 Å². The predicted molar refractivity (Wildman–Crippen MR) is 120 cm³/mol. The maximum Gasteiger partial charge on any atom is 0.319 e. The van der Waals surface area contributed by atoms with Crippen LogP contribution >= 0.6 is 0 Å². The number of nitrogens with one attached hydrogen (secondary N) is 2. The number of carbonyl (C=O) groups excluding carboxylic acids is 2. The maximum absolute atomic E-state index is 13.3. The van der Waals surface area contributed by atoms with E-state index in [2.05, 4.69) is 16.7 Å². The van der Waals surface area contributed by atoms with Gasteiger partial charge in [-0.3, -0.25) is 9.69 Å². The highest BCUT2D eigenvalue weighted by Crippen LogP contribution is 2.37. The molecule has 6 heteroatoms. The molecule has 0 atom stereocenters. The topological polar surface area (TPSA) is 70.7 Å². The van der Waals surface area contributed by atoms with Crippen LogP contribution in [0.15, 0.2) is 42.5 Å². The van der Waals surface area contributed by atoms with E-state index in [0.29, 0.717) is 5.69 Å². The largest absolute Gasteiger partial charge is 0.366 e. The van der Waals surface area contributed by atoms with Gasteiger partial charge in [0.2, 0.25) is 0 Å². The molecule has 3 amide bonds. The molecule has 2 aromatic rings. The number of hydrogen-bond donors (Lipinski definition) is 2. The fourth-order valence-electron chi connectivity index (χ4n) is 3.44. The van der Waals surface area contributed by atoms with Crippen molar-refractivity contribution >= 4 is 29.0 Å². The molecule has 0 aromatic heterocycles. The minimum atomic E-state index is -0.414. The molecule has 160 valence electrons. The van der Waals surface area contributed by atoms with Crippen LogP contribution in [0.2, 0.25) is 0 Å². The lowest BCUT2D eigenvalue weighted by molar-refractivity contribution is -0.127. The van der Waals surface area contributed by atoms with E-state index in [9.17, 15) is 9.59 Å². The third-order valence-electron chi connectivity index (χ3n) is 4.78. The van der Waals surface area contributed by atoms with Crippen molar-refractivity contribution < 1.29 is 14.3 Å². The summed E-state index contributed by atoms with van der Waals surface area (Å²) in [7, 11) is 0. The second-order valence-corrected chi connectivity index (χ2v) is 8.86. The summed E-state index contributed by atoms with van der Waals surface area (Å²) in [5.74, 6) is -0.135.